The van der Waals surface area contributed by atoms with Gasteiger partial charge in [-0.25, -0.2) is 4.79 Å². The van der Waals surface area contributed by atoms with Gasteiger partial charge < -0.3 is 53.7 Å². The molecular weight excluding hydrogens is 903 g/mol. The van der Waals surface area contributed by atoms with Crippen molar-refractivity contribution in [2.75, 3.05) is 47.2 Å². The van der Waals surface area contributed by atoms with Gasteiger partial charge >= 0.3 is 5.97 Å². The lowest BCUT2D eigenvalue weighted by Crippen LogP contribution is -2.61. The number of amides is 1. The number of methoxy groups -OCH3 is 2. The molecule has 70 heavy (non-hydrogen) atoms. The largest absolute Gasteiger partial charge is 0.460 e. The number of piperidine rings is 1. The summed E-state index contributed by atoms with van der Waals surface area (Å²) in [6.07, 6.45) is 11.3. The minimum Gasteiger partial charge on any atom is -0.460 e. The van der Waals surface area contributed by atoms with Gasteiger partial charge in [0.2, 0.25) is 5.79 Å². The van der Waals surface area contributed by atoms with Crippen molar-refractivity contribution in [3.8, 4) is 0 Å². The van der Waals surface area contributed by atoms with Crippen LogP contribution in [-0.2, 0) is 52.4 Å². The zero-order chi connectivity index (χ0) is 51.7. The maximum atomic E-state index is 14.5. The van der Waals surface area contributed by atoms with Crippen LogP contribution in [0.25, 0.3) is 0 Å². The minimum absolute atomic E-state index is 0.0403. The van der Waals surface area contributed by atoms with E-state index >= 15 is 0 Å². The summed E-state index contributed by atoms with van der Waals surface area (Å²) in [7, 11) is 3.19. The second kappa shape index (κ2) is 28.7. The van der Waals surface area contributed by atoms with E-state index < -0.39 is 83.5 Å². The Morgan fingerprint density at radius 1 is 0.829 bits per heavy atom. The monoisotopic (exact) mass is 988 g/mol. The fourth-order valence-electron chi connectivity index (χ4n) is 10.7. The highest BCUT2D eigenvalue weighted by molar-refractivity contribution is 6.39. The van der Waals surface area contributed by atoms with E-state index in [-0.39, 0.29) is 81.6 Å². The van der Waals surface area contributed by atoms with Gasteiger partial charge in [0.1, 0.15) is 30.1 Å². The molecule has 3 fully saturated rings. The quantitative estimate of drug-likeness (QED) is 0.113. The van der Waals surface area contributed by atoms with E-state index in [4.69, 9.17) is 28.4 Å². The van der Waals surface area contributed by atoms with Gasteiger partial charge in [-0.05, 0) is 107 Å². The van der Waals surface area contributed by atoms with Gasteiger partial charge in [-0.3, -0.25) is 19.2 Å². The van der Waals surface area contributed by atoms with E-state index in [1.807, 2.05) is 51.2 Å². The van der Waals surface area contributed by atoms with Crippen molar-refractivity contribution in [1.82, 2.24) is 4.90 Å². The third kappa shape index (κ3) is 16.3. The Bertz CT molecular complexity index is 1850. The predicted octanol–water partition coefficient (Wildman–Crippen LogP) is 5.56. The van der Waals surface area contributed by atoms with E-state index in [0.29, 0.717) is 63.4 Å². The molecule has 16 nitrogen and oxygen atoms in total. The standard InChI is InChI=1S/C54H85NO15/c1-33-15-11-10-12-16-34(2)45(65-8)31-41-20-18-39(7)54(64,70-41)51(61)52(62)55-22-14-13-17-42(55)53(63)69-46(36(4)29-40-19-21-44(67-25-23-56)47(30-40)66-9)32-43(58)35(3)28-38(6)50(68-26-24-57)49(60)48(59)37(5)27-33/h10-12,15-16,28,33,35-37,39-42,44-47,49-50,56-57,60,64H,13-14,17-27,29-32H2,1-9H3/t33-,35-,36-,37-,39-,40+,41+,42+,44-,45+,46+,47-,49+,50-,54-/m1/s1. The molecular formula is C54H85NO15. The highest BCUT2D eigenvalue weighted by Crippen LogP contribution is 2.38. The van der Waals surface area contributed by atoms with Crippen molar-refractivity contribution in [2.45, 2.75) is 180 Å². The van der Waals surface area contributed by atoms with Crippen LogP contribution in [0.2, 0.25) is 0 Å². The number of carbonyl (C=O) groups is 5. The van der Waals surface area contributed by atoms with Crippen LogP contribution in [0.4, 0.5) is 0 Å². The minimum atomic E-state index is -2.45. The SMILES string of the molecule is CO[C@H]1C[C@@H]2CC[C@@H](C)[C@@](O)(O2)C(=O)C(=O)N2CCCC[C@H]2C(=O)O[C@H]([C@H](C)C[C@@H]2CC[C@@H](OCCO)[C@H](OC)C2)CC(=O)[C@H](C)C=C(C)[C@@H](OCCO)[C@@H](O)C(=O)[C@H](C)C[C@H](C)C=CC=CC=C1C. The first-order valence-corrected chi connectivity index (χ1v) is 25.7. The Labute approximate surface area is 416 Å². The summed E-state index contributed by atoms with van der Waals surface area (Å²) in [6, 6.07) is -1.16. The fraction of sp³-hybridized carbons (Fsp3) is 0.759. The lowest BCUT2D eigenvalue weighted by molar-refractivity contribution is -0.265. The number of rotatable bonds is 11. The molecule has 0 aromatic heterocycles. The van der Waals surface area contributed by atoms with Crippen LogP contribution in [0.3, 0.4) is 0 Å². The molecule has 0 aromatic rings. The Morgan fingerprint density at radius 3 is 2.23 bits per heavy atom. The van der Waals surface area contributed by atoms with Crippen LogP contribution in [0.1, 0.15) is 126 Å². The maximum absolute atomic E-state index is 14.5. The number of esters is 1. The zero-order valence-corrected chi connectivity index (χ0v) is 43.3. The first kappa shape index (κ1) is 59.1. The van der Waals surface area contributed by atoms with Crippen LogP contribution in [0, 0.1) is 35.5 Å². The average molecular weight is 988 g/mol. The van der Waals surface area contributed by atoms with Gasteiger partial charge in [0, 0.05) is 51.4 Å². The number of aliphatic hydroxyl groups excluding tert-OH is 3. The van der Waals surface area contributed by atoms with E-state index in [9.17, 15) is 44.4 Å². The lowest BCUT2D eigenvalue weighted by atomic mass is 9.78. The van der Waals surface area contributed by atoms with Gasteiger partial charge in [-0.1, -0.05) is 71.1 Å². The van der Waals surface area contributed by atoms with Crippen LogP contribution in [0.15, 0.2) is 47.6 Å². The van der Waals surface area contributed by atoms with Crippen molar-refractivity contribution in [2.24, 2.45) is 35.5 Å². The number of hydrogen-bond acceptors (Lipinski definition) is 15. The van der Waals surface area contributed by atoms with Crippen molar-refractivity contribution < 1.29 is 72.8 Å². The van der Waals surface area contributed by atoms with Crippen LogP contribution >= 0.6 is 0 Å². The second-order valence-corrected chi connectivity index (χ2v) is 20.5. The van der Waals surface area contributed by atoms with Crippen LogP contribution in [0.5, 0.6) is 0 Å². The van der Waals surface area contributed by atoms with Crippen LogP contribution < -0.4 is 0 Å². The highest BCUT2D eigenvalue weighted by atomic mass is 16.6. The molecule has 0 spiro atoms. The molecule has 4 N–H and O–H groups in total. The third-order valence-electron chi connectivity index (χ3n) is 15.0. The molecule has 1 saturated carbocycles. The zero-order valence-electron chi connectivity index (χ0n) is 43.3. The fourth-order valence-corrected chi connectivity index (χ4v) is 10.7. The van der Waals surface area contributed by atoms with Gasteiger partial charge in [-0.15, -0.1) is 0 Å². The summed E-state index contributed by atoms with van der Waals surface area (Å²) in [6.45, 7) is 12.2. The smallest absolute Gasteiger partial charge is 0.329 e. The van der Waals surface area contributed by atoms with Crippen molar-refractivity contribution in [1.29, 1.82) is 0 Å². The number of ether oxygens (including phenoxy) is 6. The molecule has 0 unspecified atom stereocenters. The summed E-state index contributed by atoms with van der Waals surface area (Å²) in [5.41, 5.74) is 1.28. The number of carbonyl (C=O) groups excluding carboxylic acids is 5. The molecule has 0 aromatic carbocycles. The highest BCUT2D eigenvalue weighted by Gasteiger charge is 2.53. The van der Waals surface area contributed by atoms with E-state index in [1.54, 1.807) is 48.0 Å². The van der Waals surface area contributed by atoms with Gasteiger partial charge in [0.05, 0.1) is 50.8 Å². The number of fused-ring (bicyclic) bond motifs is 3. The molecule has 1 aliphatic carbocycles. The molecule has 3 heterocycles. The molecule has 396 valence electrons. The van der Waals surface area contributed by atoms with Gasteiger partial charge in [-0.2, -0.15) is 0 Å². The molecule has 2 saturated heterocycles. The number of ketones is 3. The van der Waals surface area contributed by atoms with Gasteiger partial charge in [0.15, 0.2) is 5.78 Å². The third-order valence-corrected chi connectivity index (χ3v) is 15.0. The van der Waals surface area contributed by atoms with Gasteiger partial charge in [0.25, 0.3) is 11.7 Å². The van der Waals surface area contributed by atoms with E-state index in [2.05, 4.69) is 0 Å². The second-order valence-electron chi connectivity index (χ2n) is 20.5. The number of allylic oxidation sites excluding steroid dienone is 6. The lowest BCUT2D eigenvalue weighted by Gasteiger charge is -2.42. The Morgan fingerprint density at radius 2 is 1.54 bits per heavy atom. The average Bonchev–Trinajstić information content (AvgIpc) is 3.34. The number of nitrogens with zero attached hydrogens (tertiary/aromatic N) is 1. The van der Waals surface area contributed by atoms with Crippen molar-refractivity contribution in [3.05, 3.63) is 47.6 Å². The molecule has 15 atom stereocenters. The first-order chi connectivity index (χ1) is 33.3. The summed E-state index contributed by atoms with van der Waals surface area (Å²) in [5, 5.41) is 42.5. The Kier molecular flexibility index (Phi) is 24.2. The summed E-state index contributed by atoms with van der Waals surface area (Å²) < 4.78 is 35.9. The van der Waals surface area contributed by atoms with E-state index in [1.165, 1.54) is 4.90 Å². The number of aliphatic hydroxyl groups is 4. The Hall–Kier alpha value is -3.45. The molecule has 16 heteroatoms. The van der Waals surface area contributed by atoms with Crippen molar-refractivity contribution in [3.63, 3.8) is 0 Å². The Balaban J connectivity index is 1.72. The summed E-state index contributed by atoms with van der Waals surface area (Å²) in [5.74, 6) is -8.47. The molecule has 0 radical (unpaired) electrons. The maximum Gasteiger partial charge on any atom is 0.329 e. The molecule has 1 amide bonds. The van der Waals surface area contributed by atoms with Crippen molar-refractivity contribution >= 4 is 29.2 Å². The number of cyclic esters (lactones) is 1. The predicted molar refractivity (Wildman–Crippen MR) is 262 cm³/mol. The normalized spacial score (nSPS) is 36.0. The molecule has 2 bridgehead atoms. The number of Topliss-reactive ketones (excluding diaryl/α,β-unsaturated/α-hetero) is 3. The molecule has 3 aliphatic heterocycles. The summed E-state index contributed by atoms with van der Waals surface area (Å²) in [4.78, 5) is 72.4. The van der Waals surface area contributed by atoms with E-state index in [0.717, 1.165) is 12.0 Å². The first-order valence-electron chi connectivity index (χ1n) is 25.7. The summed E-state index contributed by atoms with van der Waals surface area (Å²) >= 11 is 0. The molecule has 4 rings (SSSR count). The number of hydrogen-bond donors (Lipinski definition) is 4. The van der Waals surface area contributed by atoms with Crippen LogP contribution in [-0.4, -0.2) is 156 Å². The topological polar surface area (TPSA) is 225 Å². The molecule has 4 aliphatic rings.